The van der Waals surface area contributed by atoms with Gasteiger partial charge in [0.25, 0.3) is 0 Å². The maximum Gasteiger partial charge on any atom is 0.155 e. The zero-order valence-electron chi connectivity index (χ0n) is 11.2. The summed E-state index contributed by atoms with van der Waals surface area (Å²) in [6, 6.07) is 3.83. The average molecular weight is 265 g/mol. The molecule has 1 aromatic heterocycles. The molecule has 4 nitrogen and oxygen atoms in total. The van der Waals surface area contributed by atoms with Crippen molar-refractivity contribution in [1.82, 2.24) is 4.98 Å². The number of thioether (sulfide) groups is 1. The standard InChI is InChI=1S/C13H19N3OS/c1-5-11(14)13(2,17-4)18-12(15-3)10-6-8-16-9-7-10/h5-9H,14H2,1-4H3/b11-5+,15-12?. The Hall–Kier alpha value is -1.33. The zero-order valence-corrected chi connectivity index (χ0v) is 12.0. The van der Waals surface area contributed by atoms with Gasteiger partial charge in [-0.3, -0.25) is 9.98 Å². The van der Waals surface area contributed by atoms with Gasteiger partial charge >= 0.3 is 0 Å². The SMILES string of the molecule is C/C=C(/N)C(C)(OC)SC(=NC)c1ccncc1. The molecule has 2 N–H and O–H groups in total. The first-order chi connectivity index (χ1) is 8.57. The van der Waals surface area contributed by atoms with Gasteiger partial charge in [0.2, 0.25) is 0 Å². The van der Waals surface area contributed by atoms with E-state index in [4.69, 9.17) is 10.5 Å². The summed E-state index contributed by atoms with van der Waals surface area (Å²) in [5.74, 6) is 0. The van der Waals surface area contributed by atoms with Crippen LogP contribution in [0.2, 0.25) is 0 Å². The Labute approximate surface area is 112 Å². The van der Waals surface area contributed by atoms with Gasteiger partial charge in [-0.15, -0.1) is 0 Å². The first-order valence-electron chi connectivity index (χ1n) is 5.61. The number of ether oxygens (including phenoxy) is 1. The number of aliphatic imine (C=N–C) groups is 1. The Morgan fingerprint density at radius 1 is 1.50 bits per heavy atom. The lowest BCUT2D eigenvalue weighted by Gasteiger charge is -2.28. The Morgan fingerprint density at radius 3 is 2.56 bits per heavy atom. The molecule has 1 atom stereocenters. The lowest BCUT2D eigenvalue weighted by Crippen LogP contribution is -2.32. The molecule has 0 amide bonds. The van der Waals surface area contributed by atoms with Crippen LogP contribution in [0.3, 0.4) is 0 Å². The second-order valence-electron chi connectivity index (χ2n) is 3.76. The highest BCUT2D eigenvalue weighted by atomic mass is 32.2. The molecule has 0 aliphatic carbocycles. The van der Waals surface area contributed by atoms with Gasteiger partial charge in [-0.2, -0.15) is 0 Å². The van der Waals surface area contributed by atoms with E-state index in [1.807, 2.05) is 32.1 Å². The molecule has 1 aromatic rings. The molecule has 0 saturated carbocycles. The van der Waals surface area contributed by atoms with Crippen molar-refractivity contribution in [3.8, 4) is 0 Å². The van der Waals surface area contributed by atoms with Crippen LogP contribution in [0, 0.1) is 0 Å². The first kappa shape index (κ1) is 14.7. The van der Waals surface area contributed by atoms with E-state index in [0.29, 0.717) is 5.70 Å². The van der Waals surface area contributed by atoms with Crippen molar-refractivity contribution < 1.29 is 4.74 Å². The van der Waals surface area contributed by atoms with Gasteiger partial charge in [-0.05, 0) is 26.0 Å². The molecule has 0 aliphatic rings. The largest absolute Gasteiger partial charge is 0.399 e. The second-order valence-corrected chi connectivity index (χ2v) is 5.13. The molecule has 5 heteroatoms. The molecular formula is C13H19N3OS. The molecule has 0 fully saturated rings. The van der Waals surface area contributed by atoms with Gasteiger partial charge in [0.15, 0.2) is 4.93 Å². The minimum Gasteiger partial charge on any atom is -0.399 e. The van der Waals surface area contributed by atoms with E-state index >= 15 is 0 Å². The molecule has 1 rings (SSSR count). The molecule has 0 aromatic carbocycles. The third-order valence-corrected chi connectivity index (χ3v) is 4.05. The summed E-state index contributed by atoms with van der Waals surface area (Å²) in [7, 11) is 3.40. The molecule has 0 bridgehead atoms. The number of nitrogens with two attached hydrogens (primary N) is 1. The van der Waals surface area contributed by atoms with Crippen molar-refractivity contribution in [2.24, 2.45) is 10.7 Å². The summed E-state index contributed by atoms with van der Waals surface area (Å²) in [6.45, 7) is 3.82. The highest BCUT2D eigenvalue weighted by Crippen LogP contribution is 2.33. The smallest absolute Gasteiger partial charge is 0.155 e. The third kappa shape index (κ3) is 3.34. The van der Waals surface area contributed by atoms with E-state index in [1.54, 1.807) is 26.6 Å². The number of methoxy groups -OCH3 is 1. The van der Waals surface area contributed by atoms with E-state index in [0.717, 1.165) is 10.6 Å². The number of hydrogen-bond donors (Lipinski definition) is 1. The molecule has 1 heterocycles. The van der Waals surface area contributed by atoms with Gasteiger partial charge in [-0.1, -0.05) is 17.8 Å². The Bertz CT molecular complexity index is 445. The van der Waals surface area contributed by atoms with Crippen molar-refractivity contribution in [2.75, 3.05) is 14.2 Å². The lowest BCUT2D eigenvalue weighted by molar-refractivity contribution is 0.117. The second kappa shape index (κ2) is 6.56. The number of allylic oxidation sites excluding steroid dienone is 1. The van der Waals surface area contributed by atoms with Crippen LogP contribution in [-0.4, -0.2) is 29.1 Å². The van der Waals surface area contributed by atoms with Crippen molar-refractivity contribution >= 4 is 16.8 Å². The molecule has 0 saturated heterocycles. The van der Waals surface area contributed by atoms with Crippen LogP contribution in [0.5, 0.6) is 0 Å². The maximum absolute atomic E-state index is 5.99. The van der Waals surface area contributed by atoms with Gasteiger partial charge in [0, 0.05) is 37.8 Å². The summed E-state index contributed by atoms with van der Waals surface area (Å²) < 4.78 is 5.52. The summed E-state index contributed by atoms with van der Waals surface area (Å²) in [6.07, 6.45) is 5.32. The predicted octanol–water partition coefficient (Wildman–Crippen LogP) is 2.42. The fraction of sp³-hybridized carbons (Fsp3) is 0.385. The molecule has 98 valence electrons. The minimum atomic E-state index is -0.618. The van der Waals surface area contributed by atoms with E-state index in [-0.39, 0.29) is 0 Å². The van der Waals surface area contributed by atoms with Crippen LogP contribution in [0.25, 0.3) is 0 Å². The van der Waals surface area contributed by atoms with Crippen LogP contribution >= 0.6 is 11.8 Å². The number of nitrogens with zero attached hydrogens (tertiary/aromatic N) is 2. The summed E-state index contributed by atoms with van der Waals surface area (Å²) in [5, 5.41) is 0.867. The Morgan fingerprint density at radius 2 is 2.11 bits per heavy atom. The monoisotopic (exact) mass is 265 g/mol. The van der Waals surface area contributed by atoms with E-state index in [2.05, 4.69) is 9.98 Å². The molecule has 0 spiro atoms. The fourth-order valence-corrected chi connectivity index (χ4v) is 2.43. The molecule has 0 radical (unpaired) electrons. The van der Waals surface area contributed by atoms with Crippen LogP contribution in [-0.2, 0) is 4.74 Å². The van der Waals surface area contributed by atoms with Crippen LogP contribution < -0.4 is 5.73 Å². The van der Waals surface area contributed by atoms with E-state index in [9.17, 15) is 0 Å². The first-order valence-corrected chi connectivity index (χ1v) is 6.42. The van der Waals surface area contributed by atoms with Crippen molar-refractivity contribution in [2.45, 2.75) is 18.8 Å². The summed E-state index contributed by atoms with van der Waals surface area (Å²) in [5.41, 5.74) is 7.67. The minimum absolute atomic E-state index is 0.618. The normalized spacial score (nSPS) is 16.4. The van der Waals surface area contributed by atoms with Crippen LogP contribution in [0.1, 0.15) is 19.4 Å². The number of aromatic nitrogens is 1. The number of rotatable bonds is 4. The predicted molar refractivity (Wildman–Crippen MR) is 77.6 cm³/mol. The van der Waals surface area contributed by atoms with Gasteiger partial charge in [0.1, 0.15) is 5.04 Å². The van der Waals surface area contributed by atoms with E-state index < -0.39 is 4.93 Å². The summed E-state index contributed by atoms with van der Waals surface area (Å²) >= 11 is 1.48. The van der Waals surface area contributed by atoms with Crippen LogP contribution in [0.15, 0.2) is 41.3 Å². The zero-order chi connectivity index (χ0) is 13.6. The van der Waals surface area contributed by atoms with Gasteiger partial charge < -0.3 is 10.5 Å². The summed E-state index contributed by atoms with van der Waals surface area (Å²) in [4.78, 5) is 7.68. The quantitative estimate of drug-likeness (QED) is 0.516. The topological polar surface area (TPSA) is 60.5 Å². The maximum atomic E-state index is 5.99. The lowest BCUT2D eigenvalue weighted by atomic mass is 10.3. The molecular weight excluding hydrogens is 246 g/mol. The average Bonchev–Trinajstić information content (AvgIpc) is 2.44. The number of hydrogen-bond acceptors (Lipinski definition) is 5. The van der Waals surface area contributed by atoms with Crippen molar-refractivity contribution in [3.63, 3.8) is 0 Å². The highest BCUT2D eigenvalue weighted by molar-refractivity contribution is 8.15. The van der Waals surface area contributed by atoms with Gasteiger partial charge in [-0.25, -0.2) is 0 Å². The Balaban J connectivity index is 3.00. The van der Waals surface area contributed by atoms with Gasteiger partial charge in [0.05, 0.1) is 0 Å². The molecule has 18 heavy (non-hydrogen) atoms. The van der Waals surface area contributed by atoms with Crippen LogP contribution in [0.4, 0.5) is 0 Å². The molecule has 0 aliphatic heterocycles. The highest BCUT2D eigenvalue weighted by Gasteiger charge is 2.30. The third-order valence-electron chi connectivity index (χ3n) is 2.65. The van der Waals surface area contributed by atoms with E-state index in [1.165, 1.54) is 11.8 Å². The Kier molecular flexibility index (Phi) is 5.37. The van der Waals surface area contributed by atoms with Crippen molar-refractivity contribution in [3.05, 3.63) is 41.9 Å². The molecule has 1 unspecified atom stereocenters. The van der Waals surface area contributed by atoms with Crippen molar-refractivity contribution in [1.29, 1.82) is 0 Å². The fourth-order valence-electron chi connectivity index (χ4n) is 1.39. The number of pyridine rings is 1.